The fourth-order valence-corrected chi connectivity index (χ4v) is 22.9. The van der Waals surface area contributed by atoms with Gasteiger partial charge in [-0.15, -0.1) is 34.0 Å². The molecule has 0 unspecified atom stereocenters. The van der Waals surface area contributed by atoms with Gasteiger partial charge in [0.1, 0.15) is 0 Å². The number of benzene rings is 12. The van der Waals surface area contributed by atoms with Crippen LogP contribution in [0.25, 0.3) is 150 Å². The summed E-state index contributed by atoms with van der Waals surface area (Å²) in [6.07, 6.45) is 22.0. The zero-order chi connectivity index (χ0) is 92.3. The molecule has 134 heavy (non-hydrogen) atoms. The van der Waals surface area contributed by atoms with E-state index in [-0.39, 0.29) is 11.9 Å². The minimum Gasteiger partial charge on any atom is -0.370 e. The maximum Gasteiger partial charge on any atom is 0.207 e. The van der Waals surface area contributed by atoms with Gasteiger partial charge < -0.3 is 67.1 Å². The molecule has 20 rings (SSSR count). The van der Waals surface area contributed by atoms with E-state index in [1.165, 1.54) is 138 Å². The van der Waals surface area contributed by atoms with E-state index in [1.54, 1.807) is 12.1 Å². The van der Waals surface area contributed by atoms with Gasteiger partial charge in [-0.05, 0) is 311 Å². The average Bonchev–Trinajstić information content (AvgIpc) is 1.60. The molecule has 0 aliphatic carbocycles. The summed E-state index contributed by atoms with van der Waals surface area (Å²) < 4.78 is 34.5. The molecule has 0 saturated heterocycles. The molecule has 0 saturated carbocycles. The maximum atomic E-state index is 13.3. The summed E-state index contributed by atoms with van der Waals surface area (Å²) in [7, 11) is -3.53. The van der Waals surface area contributed by atoms with Crippen molar-refractivity contribution in [3.8, 4) is 77.9 Å². The fraction of sp³-hybridized carbons (Fsp3) is 0.214. The van der Waals surface area contributed by atoms with Crippen molar-refractivity contribution >= 4 is 127 Å². The summed E-state index contributed by atoms with van der Waals surface area (Å²) in [5.74, 6) is 0.297. The van der Waals surface area contributed by atoms with Crippen molar-refractivity contribution in [1.82, 2.24) is 31.2 Å². The van der Waals surface area contributed by atoms with Crippen LogP contribution in [-0.4, -0.2) is 109 Å². The van der Waals surface area contributed by atoms with Crippen molar-refractivity contribution < 1.29 is 8.42 Å². The Morgan fingerprint density at radius 1 is 0.328 bits per heavy atom. The van der Waals surface area contributed by atoms with Crippen LogP contribution in [0.15, 0.2) is 312 Å². The number of hydrogen-bond acceptors (Lipinski definition) is 17. The third-order valence-corrected chi connectivity index (χ3v) is 30.2. The number of pyridine rings is 2. The van der Waals surface area contributed by atoms with E-state index in [2.05, 4.69) is 272 Å². The quantitative estimate of drug-likeness (QED) is 0.0113. The number of nitrogens with one attached hydrogen (secondary N) is 4. The molecule has 20 N–H and O–H groups in total. The van der Waals surface area contributed by atoms with E-state index in [4.69, 9.17) is 45.9 Å². The molecule has 0 bridgehead atoms. The van der Waals surface area contributed by atoms with E-state index in [9.17, 15) is 8.42 Å². The third-order valence-electron chi connectivity index (χ3n) is 24.9. The first-order valence-electron chi connectivity index (χ1n) is 46.4. The number of aromatic nitrogens is 2. The molecule has 0 atom stereocenters. The fourth-order valence-electron chi connectivity index (χ4n) is 18.0. The first kappa shape index (κ1) is 93.1. The van der Waals surface area contributed by atoms with Crippen molar-refractivity contribution in [1.29, 1.82) is 0 Å². The second-order valence-corrected chi connectivity index (χ2v) is 39.5. The van der Waals surface area contributed by atoms with Gasteiger partial charge in [0.2, 0.25) is 9.84 Å². The summed E-state index contributed by atoms with van der Waals surface area (Å²) >= 11 is 5.58. The Hall–Kier alpha value is -12.8. The highest BCUT2D eigenvalue weighted by Gasteiger charge is 2.34. The van der Waals surface area contributed by atoms with Crippen molar-refractivity contribution in [2.45, 2.75) is 87.1 Å². The molecule has 3 aliphatic rings. The summed E-state index contributed by atoms with van der Waals surface area (Å²) in [6.45, 7) is 11.1. The molecule has 680 valence electrons. The first-order chi connectivity index (χ1) is 65.6. The second kappa shape index (κ2) is 44.4. The number of nitrogens with zero attached hydrogens (tertiary/aromatic N) is 4. The topological polar surface area (TPSA) is 341 Å². The number of nitrogens with two attached hydrogens (primary N) is 8. The molecular weight excluding hydrogens is 1730 g/mol. The predicted octanol–water partition coefficient (Wildman–Crippen LogP) is 20.5. The van der Waals surface area contributed by atoms with Crippen LogP contribution < -0.4 is 67.1 Å². The number of guanidine groups is 2. The highest BCUT2D eigenvalue weighted by atomic mass is 32.2. The van der Waals surface area contributed by atoms with Gasteiger partial charge in [0.15, 0.2) is 11.9 Å². The number of thiophene rings is 3. The van der Waals surface area contributed by atoms with Gasteiger partial charge in [0, 0.05) is 173 Å². The number of aryl methyl sites for hydroxylation is 4. The highest BCUT2D eigenvalue weighted by Crippen LogP contribution is 2.48. The van der Waals surface area contributed by atoms with Gasteiger partial charge in [-0.3, -0.25) is 20.0 Å². The summed E-state index contributed by atoms with van der Waals surface area (Å²) in [4.78, 5) is 17.9. The smallest absolute Gasteiger partial charge is 0.207 e. The molecule has 8 heterocycles. The summed E-state index contributed by atoms with van der Waals surface area (Å²) in [5, 5.41) is 21.4. The van der Waals surface area contributed by atoms with Crippen molar-refractivity contribution in [2.24, 2.45) is 55.9 Å². The Morgan fingerprint density at radius 2 is 0.627 bits per heavy atom. The number of sulfone groups is 1. The van der Waals surface area contributed by atoms with Gasteiger partial charge in [0.05, 0.1) is 9.79 Å². The Kier molecular flexibility index (Phi) is 30.8. The third kappa shape index (κ3) is 22.7. The molecule has 22 heteroatoms. The molecule has 5 aromatic heterocycles. The minimum atomic E-state index is -3.53. The van der Waals surface area contributed by atoms with Crippen LogP contribution in [-0.2, 0) is 48.6 Å². The van der Waals surface area contributed by atoms with Crippen LogP contribution in [0.3, 0.4) is 0 Å². The van der Waals surface area contributed by atoms with Crippen LogP contribution >= 0.6 is 34.0 Å². The van der Waals surface area contributed by atoms with Crippen molar-refractivity contribution in [3.05, 3.63) is 336 Å². The van der Waals surface area contributed by atoms with Gasteiger partial charge in [-0.25, -0.2) is 8.42 Å². The second-order valence-electron chi connectivity index (χ2n) is 34.4. The number of aliphatic imine (C=N–C) groups is 2. The van der Waals surface area contributed by atoms with Crippen LogP contribution in [0.4, 0.5) is 0 Å². The molecule has 0 amide bonds. The zero-order valence-corrected chi connectivity index (χ0v) is 78.8. The van der Waals surface area contributed by atoms with Crippen molar-refractivity contribution in [3.63, 3.8) is 0 Å². The lowest BCUT2D eigenvalue weighted by molar-refractivity contribution is 0.598. The first-order valence-corrected chi connectivity index (χ1v) is 50.3. The lowest BCUT2D eigenvalue weighted by atomic mass is 9.94. The molecule has 3 aliphatic heterocycles. The Bertz CT molecular complexity index is 6910. The van der Waals surface area contributed by atoms with Gasteiger partial charge in [0.25, 0.3) is 0 Å². The normalized spacial score (nSPS) is 13.2. The maximum absolute atomic E-state index is 13.3. The van der Waals surface area contributed by atoms with Gasteiger partial charge in [-0.2, -0.15) is 0 Å². The molecular formula is C112H116N16O2S4. The highest BCUT2D eigenvalue weighted by molar-refractivity contribution is 7.92. The molecule has 17 aromatic rings. The van der Waals surface area contributed by atoms with Crippen LogP contribution in [0, 0.1) is 0 Å². The van der Waals surface area contributed by atoms with Crippen molar-refractivity contribution in [2.75, 3.05) is 78.5 Å². The SMILES string of the molecule is C1=C(c2ccc3sc4ccc(C5=CCNCC5)cc4c3c2)CCNC1.NC(N)=NCCCc1cccc(-c2ccc3sc4ccc(-c5cccc(CCCN=C(N)N)c5)cc4c3c2)c1.NCCCc1cccc(-c2ccc3c(c2)-c2cc(-c4cccc(CCCN)c4)ccc2S3(=O)=O)c1.NCCNCc1cncc(-c2ccc3sc4ccc(-c5cncc(CNCCN)c5)cc4c3c2)c1. The molecule has 0 radical (unpaired) electrons. The molecule has 0 fully saturated rings. The number of hydrogen-bond donors (Lipinski definition) is 12. The summed E-state index contributed by atoms with van der Waals surface area (Å²) in [6, 6.07) is 91.1. The zero-order valence-electron chi connectivity index (χ0n) is 75.5. The van der Waals surface area contributed by atoms with Crippen LogP contribution in [0.5, 0.6) is 0 Å². The Labute approximate surface area is 796 Å². The number of rotatable bonds is 30. The minimum absolute atomic E-state index is 0.149. The number of fused-ring (bicyclic) bond motifs is 12. The Morgan fingerprint density at radius 3 is 0.948 bits per heavy atom. The monoisotopic (exact) mass is 1840 g/mol. The van der Waals surface area contributed by atoms with Gasteiger partial charge in [-0.1, -0.05) is 158 Å². The molecule has 12 aromatic carbocycles. The molecule has 0 spiro atoms. The molecule has 18 nitrogen and oxygen atoms in total. The van der Waals surface area contributed by atoms with Gasteiger partial charge >= 0.3 is 0 Å². The van der Waals surface area contributed by atoms with E-state index in [0.717, 1.165) is 172 Å². The van der Waals surface area contributed by atoms with Crippen LogP contribution in [0.1, 0.15) is 83.0 Å². The van der Waals surface area contributed by atoms with E-state index in [0.29, 0.717) is 49.1 Å². The standard InChI is InChI=1S/C32H34N6S.C30H30N2O2S.C28H30N6S.C22H22N2S/c33-31(34)37-15-3-7-21-5-1-9-23(17-21)25-11-13-29-27(19-25)28-20-26(12-14-30(28)39-29)24-10-2-6-22(18-24)8-4-16-38-32(35)36;31-15-3-7-21-5-1-9-23(17-21)25-11-13-29-27(19-25)28-20-26(12-14-30(28)35(29,33)34)24-10-2-6-22(18-24)8-4-16-32;29-5-7-31-13-19-9-23(17-33-15-19)21-1-3-27-25(11-21)26-12-22(2-4-28(26)35-27)24-10-20(16-34-18-24)14-32-8-6-30;1-3-21-19(13-17(1)15-5-9-23-10-6-15)20-14-18(2-4-22(20)25-21)16-7-11-24-12-8-16/h1-2,5-6,9-14,17-20H,3-4,7-8,15-16H2,(H4,33,34,37)(H4,35,36,38);1-2,5-6,9-14,17-20H,3-4,7-8,15-16,31-32H2;1-4,9-12,15-18,31-32H,5-8,13-14,29-30H2;1-5,7,13-14,23-24H,6,8-12H2. The summed E-state index contributed by atoms with van der Waals surface area (Å²) in [5.41, 5.74) is 72.6. The van der Waals surface area contributed by atoms with E-state index < -0.39 is 9.84 Å². The Balaban J connectivity index is 0.000000126. The lowest BCUT2D eigenvalue weighted by Crippen LogP contribution is -2.23. The van der Waals surface area contributed by atoms with E-state index >= 15 is 0 Å². The van der Waals surface area contributed by atoms with Crippen LogP contribution in [0.2, 0.25) is 0 Å². The predicted molar refractivity (Wildman–Crippen MR) is 569 cm³/mol. The largest absolute Gasteiger partial charge is 0.370 e. The van der Waals surface area contributed by atoms with E-state index in [1.807, 2.05) is 83.1 Å². The lowest BCUT2D eigenvalue weighted by Gasteiger charge is -2.15. The average molecular weight is 1850 g/mol.